The van der Waals surface area contributed by atoms with Crippen LogP contribution in [0, 0.1) is 5.92 Å². The summed E-state index contributed by atoms with van der Waals surface area (Å²) in [5.41, 5.74) is 0. The maximum Gasteiger partial charge on any atom is 0.305 e. The van der Waals surface area contributed by atoms with Gasteiger partial charge in [0.25, 0.3) is 0 Å². The van der Waals surface area contributed by atoms with Gasteiger partial charge in [-0.3, -0.25) is 4.79 Å². The highest BCUT2D eigenvalue weighted by molar-refractivity contribution is 5.67. The fourth-order valence-corrected chi connectivity index (χ4v) is 1.70. The predicted octanol–water partition coefficient (Wildman–Crippen LogP) is 0.903. The molecule has 1 heterocycles. The molecule has 1 aliphatic heterocycles. The third-order valence-corrected chi connectivity index (χ3v) is 2.47. The smallest absolute Gasteiger partial charge is 0.305 e. The van der Waals surface area contributed by atoms with Crippen LogP contribution in [0.25, 0.3) is 0 Å². The Hall–Kier alpha value is -0.610. The van der Waals surface area contributed by atoms with Crippen LogP contribution in [0.15, 0.2) is 0 Å². The lowest BCUT2D eigenvalue weighted by Crippen LogP contribution is -2.30. The van der Waals surface area contributed by atoms with Crippen LogP contribution in [-0.2, 0) is 14.3 Å². The molecule has 76 valence electrons. The fourth-order valence-electron chi connectivity index (χ4n) is 1.70. The minimum atomic E-state index is -0.793. The zero-order valence-corrected chi connectivity index (χ0v) is 7.86. The Labute approximate surface area is 77.8 Å². The van der Waals surface area contributed by atoms with E-state index in [0.29, 0.717) is 5.92 Å². The van der Waals surface area contributed by atoms with Gasteiger partial charge in [0.05, 0.1) is 12.5 Å². The van der Waals surface area contributed by atoms with E-state index < -0.39 is 5.97 Å². The molecule has 4 nitrogen and oxygen atoms in total. The van der Waals surface area contributed by atoms with Crippen LogP contribution >= 0.6 is 0 Å². The molecule has 0 radical (unpaired) electrons. The number of ether oxygens (including phenoxy) is 2. The first-order valence-corrected chi connectivity index (χ1v) is 4.56. The standard InChI is InChI=1S/C9H16O4/c1-12-8(6-9(10)11)7-2-4-13-5-3-7/h7-8H,2-6H2,1H3,(H,10,11). The molecule has 0 bridgehead atoms. The highest BCUT2D eigenvalue weighted by atomic mass is 16.5. The van der Waals surface area contributed by atoms with Crippen LogP contribution in [0.3, 0.4) is 0 Å². The van der Waals surface area contributed by atoms with E-state index in [0.717, 1.165) is 26.1 Å². The summed E-state index contributed by atoms with van der Waals surface area (Å²) in [6, 6.07) is 0. The molecule has 1 rings (SSSR count). The van der Waals surface area contributed by atoms with Crippen molar-refractivity contribution in [3.05, 3.63) is 0 Å². The Bertz CT molecular complexity index is 163. The molecule has 1 aliphatic rings. The Kier molecular flexibility index (Phi) is 4.18. The van der Waals surface area contributed by atoms with Crippen molar-refractivity contribution >= 4 is 5.97 Å². The molecule has 0 amide bonds. The van der Waals surface area contributed by atoms with Gasteiger partial charge < -0.3 is 14.6 Å². The third-order valence-electron chi connectivity index (χ3n) is 2.47. The highest BCUT2D eigenvalue weighted by Gasteiger charge is 2.25. The molecule has 1 unspecified atom stereocenters. The maximum atomic E-state index is 10.5. The lowest BCUT2D eigenvalue weighted by atomic mass is 9.92. The molecule has 0 aromatic carbocycles. The van der Waals surface area contributed by atoms with Crippen molar-refractivity contribution in [2.75, 3.05) is 20.3 Å². The molecule has 1 N–H and O–H groups in total. The molecule has 1 fully saturated rings. The summed E-state index contributed by atoms with van der Waals surface area (Å²) in [7, 11) is 1.57. The van der Waals surface area contributed by atoms with E-state index in [2.05, 4.69) is 0 Å². The van der Waals surface area contributed by atoms with Crippen LogP contribution < -0.4 is 0 Å². The van der Waals surface area contributed by atoms with Gasteiger partial charge in [-0.1, -0.05) is 0 Å². The van der Waals surface area contributed by atoms with Crippen LogP contribution in [0.2, 0.25) is 0 Å². The minimum Gasteiger partial charge on any atom is -0.481 e. The quantitative estimate of drug-likeness (QED) is 0.712. The van der Waals surface area contributed by atoms with E-state index in [1.807, 2.05) is 0 Å². The maximum absolute atomic E-state index is 10.5. The minimum absolute atomic E-state index is 0.0984. The lowest BCUT2D eigenvalue weighted by molar-refractivity contribution is -0.141. The largest absolute Gasteiger partial charge is 0.481 e. The van der Waals surface area contributed by atoms with E-state index in [9.17, 15) is 4.79 Å². The first-order valence-electron chi connectivity index (χ1n) is 4.56. The second-order valence-electron chi connectivity index (χ2n) is 3.32. The first-order chi connectivity index (χ1) is 6.24. The molecule has 4 heteroatoms. The van der Waals surface area contributed by atoms with Crippen LogP contribution in [0.1, 0.15) is 19.3 Å². The SMILES string of the molecule is COC(CC(=O)O)C1CCOCC1. The number of hydrogen-bond acceptors (Lipinski definition) is 3. The molecule has 13 heavy (non-hydrogen) atoms. The number of hydrogen-bond donors (Lipinski definition) is 1. The van der Waals surface area contributed by atoms with Crippen molar-refractivity contribution in [2.24, 2.45) is 5.92 Å². The Morgan fingerprint density at radius 2 is 2.23 bits per heavy atom. The molecule has 1 atom stereocenters. The van der Waals surface area contributed by atoms with Crippen molar-refractivity contribution in [1.29, 1.82) is 0 Å². The molecule has 0 saturated carbocycles. The van der Waals surface area contributed by atoms with Gasteiger partial charge in [0.15, 0.2) is 0 Å². The van der Waals surface area contributed by atoms with Crippen LogP contribution in [0.5, 0.6) is 0 Å². The van der Waals surface area contributed by atoms with Gasteiger partial charge in [-0.15, -0.1) is 0 Å². The summed E-state index contributed by atoms with van der Waals surface area (Å²) in [5, 5.41) is 8.63. The van der Waals surface area contributed by atoms with E-state index in [1.165, 1.54) is 0 Å². The van der Waals surface area contributed by atoms with Crippen molar-refractivity contribution in [3.8, 4) is 0 Å². The van der Waals surface area contributed by atoms with Crippen molar-refractivity contribution in [2.45, 2.75) is 25.4 Å². The van der Waals surface area contributed by atoms with E-state index in [4.69, 9.17) is 14.6 Å². The molecule has 0 aromatic rings. The predicted molar refractivity (Wildman–Crippen MR) is 46.6 cm³/mol. The molecule has 0 spiro atoms. The fraction of sp³-hybridized carbons (Fsp3) is 0.889. The molecule has 1 saturated heterocycles. The number of aliphatic carboxylic acids is 1. The van der Waals surface area contributed by atoms with Gasteiger partial charge in [0.2, 0.25) is 0 Å². The molecule has 0 aromatic heterocycles. The van der Waals surface area contributed by atoms with E-state index in [-0.39, 0.29) is 12.5 Å². The molecule has 0 aliphatic carbocycles. The number of carbonyl (C=O) groups is 1. The second-order valence-corrected chi connectivity index (χ2v) is 3.32. The molecular weight excluding hydrogens is 172 g/mol. The van der Waals surface area contributed by atoms with Crippen molar-refractivity contribution in [1.82, 2.24) is 0 Å². The number of methoxy groups -OCH3 is 1. The summed E-state index contributed by atoms with van der Waals surface area (Å²) >= 11 is 0. The zero-order valence-electron chi connectivity index (χ0n) is 7.86. The van der Waals surface area contributed by atoms with E-state index in [1.54, 1.807) is 7.11 Å². The van der Waals surface area contributed by atoms with Gasteiger partial charge >= 0.3 is 5.97 Å². The van der Waals surface area contributed by atoms with Crippen molar-refractivity contribution < 1.29 is 19.4 Å². The second kappa shape index (κ2) is 5.19. The van der Waals surface area contributed by atoms with E-state index >= 15 is 0 Å². The normalized spacial score (nSPS) is 21.3. The zero-order chi connectivity index (χ0) is 9.68. The number of carboxylic acids is 1. The summed E-state index contributed by atoms with van der Waals surface area (Å²) in [6.07, 6.45) is 1.76. The summed E-state index contributed by atoms with van der Waals surface area (Å²) < 4.78 is 10.4. The Morgan fingerprint density at radius 1 is 1.62 bits per heavy atom. The van der Waals surface area contributed by atoms with Crippen LogP contribution in [-0.4, -0.2) is 37.5 Å². The number of rotatable bonds is 4. The number of carboxylic acid groups (broad SMARTS) is 1. The Balaban J connectivity index is 2.39. The average Bonchev–Trinajstić information content (AvgIpc) is 2.15. The lowest BCUT2D eigenvalue weighted by Gasteiger charge is -2.28. The first kappa shape index (κ1) is 10.5. The van der Waals surface area contributed by atoms with Gasteiger partial charge in [0.1, 0.15) is 0 Å². The summed E-state index contributed by atoms with van der Waals surface area (Å²) in [4.78, 5) is 10.5. The van der Waals surface area contributed by atoms with Gasteiger partial charge in [-0.25, -0.2) is 0 Å². The average molecular weight is 188 g/mol. The highest BCUT2D eigenvalue weighted by Crippen LogP contribution is 2.22. The molecular formula is C9H16O4. The van der Waals surface area contributed by atoms with Crippen LogP contribution in [0.4, 0.5) is 0 Å². The summed E-state index contributed by atoms with van der Waals surface area (Å²) in [6.45, 7) is 1.45. The van der Waals surface area contributed by atoms with Gasteiger partial charge in [-0.05, 0) is 18.8 Å². The topological polar surface area (TPSA) is 55.8 Å². The summed E-state index contributed by atoms with van der Waals surface area (Å²) in [5.74, 6) is -0.451. The Morgan fingerprint density at radius 3 is 2.69 bits per heavy atom. The van der Waals surface area contributed by atoms with Gasteiger partial charge in [-0.2, -0.15) is 0 Å². The third kappa shape index (κ3) is 3.32. The van der Waals surface area contributed by atoms with Crippen molar-refractivity contribution in [3.63, 3.8) is 0 Å². The monoisotopic (exact) mass is 188 g/mol. The van der Waals surface area contributed by atoms with Gasteiger partial charge in [0, 0.05) is 20.3 Å².